The standard InChI is InChI=1S/C33H39N3O5S/c1-33(2,3)41-32(38)35-28(20-25-7-6-16-42-25)31(37)36-14-12-21(13-15-36)27-18-24-17-22(8-10-26(24)34-27)23-9-11-29(39-4)30(19-23)40-5/h6-11,16-19,21,28,34H,12-15,20H2,1-5H3,(H,35,38). The van der Waals surface area contributed by atoms with E-state index >= 15 is 0 Å². The summed E-state index contributed by atoms with van der Waals surface area (Å²) in [4.78, 5) is 32.7. The van der Waals surface area contributed by atoms with E-state index in [0.717, 1.165) is 39.7 Å². The summed E-state index contributed by atoms with van der Waals surface area (Å²) in [5.41, 5.74) is 3.79. The second-order valence-corrected chi connectivity index (χ2v) is 12.7. The molecule has 2 aromatic heterocycles. The Kier molecular flexibility index (Phi) is 8.77. The number of likely N-dealkylation sites (tertiary alicyclic amines) is 1. The lowest BCUT2D eigenvalue weighted by molar-refractivity contribution is -0.134. The van der Waals surface area contributed by atoms with Gasteiger partial charge in [0.15, 0.2) is 11.5 Å². The number of benzene rings is 2. The van der Waals surface area contributed by atoms with Gasteiger partial charge in [-0.05, 0) is 86.5 Å². The van der Waals surface area contributed by atoms with Crippen LogP contribution in [-0.4, -0.2) is 60.8 Å². The van der Waals surface area contributed by atoms with Crippen LogP contribution >= 0.6 is 11.3 Å². The first kappa shape index (κ1) is 29.5. The van der Waals surface area contributed by atoms with Gasteiger partial charge in [-0.25, -0.2) is 4.79 Å². The third-order valence-corrected chi connectivity index (χ3v) is 8.48. The normalized spacial score (nSPS) is 14.9. The molecule has 0 radical (unpaired) electrons. The Morgan fingerprint density at radius 1 is 1.00 bits per heavy atom. The number of nitrogens with one attached hydrogen (secondary N) is 2. The first-order valence-electron chi connectivity index (χ1n) is 14.3. The fourth-order valence-corrected chi connectivity index (χ4v) is 6.23. The molecule has 3 heterocycles. The summed E-state index contributed by atoms with van der Waals surface area (Å²) in [7, 11) is 3.28. The van der Waals surface area contributed by atoms with Gasteiger partial charge in [-0.3, -0.25) is 4.79 Å². The molecular weight excluding hydrogens is 550 g/mol. The van der Waals surface area contributed by atoms with Crippen LogP contribution < -0.4 is 14.8 Å². The van der Waals surface area contributed by atoms with Gasteiger partial charge in [0.1, 0.15) is 11.6 Å². The zero-order valence-corrected chi connectivity index (χ0v) is 25.7. The molecular formula is C33H39N3O5S. The lowest BCUT2D eigenvalue weighted by Crippen LogP contribution is -2.52. The molecule has 2 N–H and O–H groups in total. The number of aromatic nitrogens is 1. The SMILES string of the molecule is COc1ccc(-c2ccc3[nH]c(C4CCN(C(=O)C(Cc5cccs5)NC(=O)OC(C)(C)C)CC4)cc3c2)cc1OC. The summed E-state index contributed by atoms with van der Waals surface area (Å²) in [6.45, 7) is 6.71. The number of thiophene rings is 1. The molecule has 0 aliphatic carbocycles. The minimum absolute atomic E-state index is 0.0658. The maximum absolute atomic E-state index is 13.6. The quantitative estimate of drug-likeness (QED) is 0.237. The highest BCUT2D eigenvalue weighted by atomic mass is 32.1. The molecule has 1 atom stereocenters. The molecule has 0 saturated carbocycles. The van der Waals surface area contributed by atoms with Crippen LogP contribution in [0.4, 0.5) is 4.79 Å². The van der Waals surface area contributed by atoms with E-state index in [-0.39, 0.29) is 5.91 Å². The van der Waals surface area contributed by atoms with E-state index in [1.807, 2.05) is 61.4 Å². The first-order chi connectivity index (χ1) is 20.1. The number of aromatic amines is 1. The molecule has 1 aliphatic heterocycles. The molecule has 1 saturated heterocycles. The molecule has 0 spiro atoms. The molecule has 1 fully saturated rings. The van der Waals surface area contributed by atoms with Crippen LogP contribution in [0.1, 0.15) is 50.1 Å². The van der Waals surface area contributed by atoms with Crippen molar-refractivity contribution >= 4 is 34.2 Å². The van der Waals surface area contributed by atoms with Crippen LogP contribution in [0.2, 0.25) is 0 Å². The number of carbonyl (C=O) groups is 2. The Morgan fingerprint density at radius 3 is 2.38 bits per heavy atom. The Bertz CT molecular complexity index is 1530. The summed E-state index contributed by atoms with van der Waals surface area (Å²) in [6.07, 6.45) is 1.57. The molecule has 222 valence electrons. The predicted octanol–water partition coefficient (Wildman–Crippen LogP) is 6.76. The molecule has 1 unspecified atom stereocenters. The van der Waals surface area contributed by atoms with Crippen LogP contribution in [0.25, 0.3) is 22.0 Å². The fourth-order valence-electron chi connectivity index (χ4n) is 5.48. The van der Waals surface area contributed by atoms with Crippen LogP contribution in [0.5, 0.6) is 11.5 Å². The van der Waals surface area contributed by atoms with Gasteiger partial charge in [-0.2, -0.15) is 0 Å². The van der Waals surface area contributed by atoms with Gasteiger partial charge in [0.2, 0.25) is 5.91 Å². The van der Waals surface area contributed by atoms with Crippen LogP contribution in [0, 0.1) is 0 Å². The van der Waals surface area contributed by atoms with Crippen molar-refractivity contribution in [2.24, 2.45) is 0 Å². The molecule has 0 bridgehead atoms. The van der Waals surface area contributed by atoms with E-state index in [2.05, 4.69) is 34.6 Å². The van der Waals surface area contributed by atoms with Crippen LogP contribution in [-0.2, 0) is 16.0 Å². The minimum atomic E-state index is -0.668. The lowest BCUT2D eigenvalue weighted by Gasteiger charge is -2.34. The van der Waals surface area contributed by atoms with Crippen molar-refractivity contribution in [2.45, 2.75) is 57.6 Å². The number of amides is 2. The number of methoxy groups -OCH3 is 2. The number of ether oxygens (including phenoxy) is 3. The number of nitrogens with zero attached hydrogens (tertiary/aromatic N) is 1. The summed E-state index contributed by atoms with van der Waals surface area (Å²) in [5, 5.41) is 5.96. The third-order valence-electron chi connectivity index (χ3n) is 7.58. The van der Waals surface area contributed by atoms with Crippen molar-refractivity contribution in [3.8, 4) is 22.6 Å². The van der Waals surface area contributed by atoms with Crippen molar-refractivity contribution < 1.29 is 23.8 Å². The number of hydrogen-bond donors (Lipinski definition) is 2. The number of rotatable bonds is 8. The van der Waals surface area contributed by atoms with E-state index < -0.39 is 17.7 Å². The highest BCUT2D eigenvalue weighted by Gasteiger charge is 2.32. The second kappa shape index (κ2) is 12.5. The van der Waals surface area contributed by atoms with Crippen molar-refractivity contribution in [2.75, 3.05) is 27.3 Å². The molecule has 2 aromatic carbocycles. The topological polar surface area (TPSA) is 92.9 Å². The maximum atomic E-state index is 13.6. The number of fused-ring (bicyclic) bond motifs is 1. The summed E-state index contributed by atoms with van der Waals surface area (Å²) >= 11 is 1.58. The van der Waals surface area contributed by atoms with Crippen molar-refractivity contribution in [1.29, 1.82) is 0 Å². The average molecular weight is 590 g/mol. The molecule has 9 heteroatoms. The summed E-state index contributed by atoms with van der Waals surface area (Å²) < 4.78 is 16.3. The molecule has 1 aliphatic rings. The van der Waals surface area contributed by atoms with Crippen LogP contribution in [0.15, 0.2) is 60.0 Å². The Labute approximate surface area is 251 Å². The number of H-pyrrole nitrogens is 1. The average Bonchev–Trinajstić information content (AvgIpc) is 3.65. The van der Waals surface area contributed by atoms with Gasteiger partial charge in [0.05, 0.1) is 14.2 Å². The zero-order valence-electron chi connectivity index (χ0n) is 24.9. The smallest absolute Gasteiger partial charge is 0.408 e. The Hall–Kier alpha value is -3.98. The van der Waals surface area contributed by atoms with E-state index in [4.69, 9.17) is 14.2 Å². The van der Waals surface area contributed by atoms with Crippen molar-refractivity contribution in [1.82, 2.24) is 15.2 Å². The monoisotopic (exact) mass is 589 g/mol. The number of carbonyl (C=O) groups excluding carboxylic acids is 2. The van der Waals surface area contributed by atoms with E-state index in [0.29, 0.717) is 36.9 Å². The van der Waals surface area contributed by atoms with Gasteiger partial charge in [-0.1, -0.05) is 18.2 Å². The largest absolute Gasteiger partial charge is 0.493 e. The Balaban J connectivity index is 1.26. The van der Waals surface area contributed by atoms with E-state index in [1.165, 1.54) is 5.69 Å². The highest BCUT2D eigenvalue weighted by Crippen LogP contribution is 2.35. The molecule has 8 nitrogen and oxygen atoms in total. The molecule has 42 heavy (non-hydrogen) atoms. The molecule has 4 aromatic rings. The zero-order chi connectivity index (χ0) is 29.9. The summed E-state index contributed by atoms with van der Waals surface area (Å²) in [6, 6.07) is 17.9. The highest BCUT2D eigenvalue weighted by molar-refractivity contribution is 7.09. The van der Waals surface area contributed by atoms with E-state index in [1.54, 1.807) is 25.6 Å². The van der Waals surface area contributed by atoms with Crippen molar-refractivity contribution in [3.63, 3.8) is 0 Å². The summed E-state index contributed by atoms with van der Waals surface area (Å²) in [5.74, 6) is 1.66. The Morgan fingerprint density at radius 2 is 1.71 bits per heavy atom. The third kappa shape index (κ3) is 6.90. The first-order valence-corrected chi connectivity index (χ1v) is 15.2. The van der Waals surface area contributed by atoms with Crippen LogP contribution in [0.3, 0.4) is 0 Å². The van der Waals surface area contributed by atoms with Gasteiger partial charge in [0.25, 0.3) is 0 Å². The molecule has 2 amide bonds. The second-order valence-electron chi connectivity index (χ2n) is 11.7. The van der Waals surface area contributed by atoms with Crippen molar-refractivity contribution in [3.05, 3.63) is 70.5 Å². The van der Waals surface area contributed by atoms with Gasteiger partial charge >= 0.3 is 6.09 Å². The van der Waals surface area contributed by atoms with Gasteiger partial charge in [0, 0.05) is 46.9 Å². The maximum Gasteiger partial charge on any atom is 0.408 e. The lowest BCUT2D eigenvalue weighted by atomic mass is 9.93. The van der Waals surface area contributed by atoms with E-state index in [9.17, 15) is 9.59 Å². The number of hydrogen-bond acceptors (Lipinski definition) is 6. The minimum Gasteiger partial charge on any atom is -0.493 e. The number of piperidine rings is 1. The van der Waals surface area contributed by atoms with Gasteiger partial charge in [-0.15, -0.1) is 11.3 Å². The predicted molar refractivity (Wildman–Crippen MR) is 167 cm³/mol. The van der Waals surface area contributed by atoms with Gasteiger partial charge < -0.3 is 29.4 Å². The molecule has 5 rings (SSSR count). The number of alkyl carbamates (subject to hydrolysis) is 1. The fraction of sp³-hybridized carbons (Fsp3) is 0.394.